The zero-order valence-electron chi connectivity index (χ0n) is 15.7. The second-order valence-corrected chi connectivity index (χ2v) is 6.88. The van der Waals surface area contributed by atoms with Crippen LogP contribution in [0.15, 0.2) is 35.4 Å². The van der Waals surface area contributed by atoms with Gasteiger partial charge < -0.3 is 20.2 Å². The topological polar surface area (TPSA) is 109 Å². The first-order valence-electron chi connectivity index (χ1n) is 9.27. The predicted molar refractivity (Wildman–Crippen MR) is 106 cm³/mol. The summed E-state index contributed by atoms with van der Waals surface area (Å²) in [5, 5.41) is 6.13. The maximum atomic E-state index is 12.3. The van der Waals surface area contributed by atoms with Crippen LogP contribution < -0.4 is 16.2 Å². The van der Waals surface area contributed by atoms with E-state index in [0.717, 1.165) is 24.1 Å². The van der Waals surface area contributed by atoms with Gasteiger partial charge in [-0.25, -0.2) is 4.98 Å². The second-order valence-electron chi connectivity index (χ2n) is 6.88. The Morgan fingerprint density at radius 2 is 2.11 bits per heavy atom. The number of hydrogen-bond acceptors (Lipinski definition) is 4. The SMILES string of the molecule is CCn1cc(-c2cc3c(C(=O)NC)cnc(NC(=O)C4CC4)c3[nH]2)ccc1=O. The van der Waals surface area contributed by atoms with Gasteiger partial charge in [0.2, 0.25) is 5.91 Å². The zero-order chi connectivity index (χ0) is 19.8. The van der Waals surface area contributed by atoms with Crippen molar-refractivity contribution in [2.24, 2.45) is 5.92 Å². The minimum Gasteiger partial charge on any atom is -0.355 e. The van der Waals surface area contributed by atoms with Crippen molar-refractivity contribution in [3.8, 4) is 11.3 Å². The number of amides is 2. The first kappa shape index (κ1) is 18.0. The Hall–Kier alpha value is -3.42. The summed E-state index contributed by atoms with van der Waals surface area (Å²) in [7, 11) is 1.56. The first-order valence-corrected chi connectivity index (χ1v) is 9.27. The van der Waals surface area contributed by atoms with Crippen molar-refractivity contribution >= 4 is 28.5 Å². The molecule has 0 saturated heterocycles. The molecule has 1 aliphatic rings. The first-order chi connectivity index (χ1) is 13.5. The highest BCUT2D eigenvalue weighted by molar-refractivity contribution is 6.11. The fourth-order valence-electron chi connectivity index (χ4n) is 3.18. The number of nitrogens with one attached hydrogen (secondary N) is 3. The zero-order valence-corrected chi connectivity index (χ0v) is 15.7. The van der Waals surface area contributed by atoms with E-state index >= 15 is 0 Å². The Morgan fingerprint density at radius 3 is 2.79 bits per heavy atom. The maximum Gasteiger partial charge on any atom is 0.253 e. The summed E-state index contributed by atoms with van der Waals surface area (Å²) in [6.45, 7) is 2.45. The number of aryl methyl sites for hydroxylation is 1. The fourth-order valence-corrected chi connectivity index (χ4v) is 3.18. The number of rotatable bonds is 5. The lowest BCUT2D eigenvalue weighted by Crippen LogP contribution is -2.19. The average molecular weight is 379 g/mol. The minimum atomic E-state index is -0.262. The normalized spacial score (nSPS) is 13.5. The lowest BCUT2D eigenvalue weighted by Gasteiger charge is -2.07. The molecule has 0 spiro atoms. The van der Waals surface area contributed by atoms with Gasteiger partial charge in [-0.3, -0.25) is 14.4 Å². The number of carbonyl (C=O) groups excluding carboxylic acids is 2. The molecular weight excluding hydrogens is 358 g/mol. The van der Waals surface area contributed by atoms with E-state index in [1.54, 1.807) is 23.9 Å². The van der Waals surface area contributed by atoms with E-state index in [-0.39, 0.29) is 23.3 Å². The molecule has 3 N–H and O–H groups in total. The summed E-state index contributed by atoms with van der Waals surface area (Å²) < 4.78 is 1.61. The molecule has 1 aliphatic carbocycles. The smallest absolute Gasteiger partial charge is 0.253 e. The van der Waals surface area contributed by atoms with Gasteiger partial charge in [-0.1, -0.05) is 0 Å². The van der Waals surface area contributed by atoms with E-state index in [1.165, 1.54) is 12.3 Å². The van der Waals surface area contributed by atoms with Gasteiger partial charge in [0, 0.05) is 54.6 Å². The molecule has 144 valence electrons. The van der Waals surface area contributed by atoms with Crippen LogP contribution >= 0.6 is 0 Å². The Bertz CT molecular complexity index is 1140. The van der Waals surface area contributed by atoms with E-state index in [4.69, 9.17) is 0 Å². The third kappa shape index (κ3) is 3.17. The lowest BCUT2D eigenvalue weighted by atomic mass is 10.1. The van der Waals surface area contributed by atoms with E-state index < -0.39 is 0 Å². The number of anilines is 1. The summed E-state index contributed by atoms with van der Waals surface area (Å²) in [4.78, 5) is 43.9. The summed E-state index contributed by atoms with van der Waals surface area (Å²) in [6, 6.07) is 5.08. The minimum absolute atomic E-state index is 0.0398. The second kappa shape index (κ2) is 6.95. The monoisotopic (exact) mass is 379 g/mol. The molecule has 0 radical (unpaired) electrons. The molecular formula is C20H21N5O3. The number of aromatic nitrogens is 3. The Kier molecular flexibility index (Phi) is 4.46. The molecule has 8 heteroatoms. The Balaban J connectivity index is 1.85. The van der Waals surface area contributed by atoms with Crippen molar-refractivity contribution in [1.82, 2.24) is 19.9 Å². The summed E-state index contributed by atoms with van der Waals surface area (Å²) >= 11 is 0. The summed E-state index contributed by atoms with van der Waals surface area (Å²) in [6.07, 6.45) is 5.01. The molecule has 28 heavy (non-hydrogen) atoms. The lowest BCUT2D eigenvalue weighted by molar-refractivity contribution is -0.117. The highest BCUT2D eigenvalue weighted by Crippen LogP contribution is 2.33. The molecule has 3 aromatic heterocycles. The van der Waals surface area contributed by atoms with E-state index in [9.17, 15) is 14.4 Å². The Morgan fingerprint density at radius 1 is 1.32 bits per heavy atom. The molecule has 0 atom stereocenters. The summed E-state index contributed by atoms with van der Waals surface area (Å²) in [5.41, 5.74) is 2.46. The molecule has 3 aromatic rings. The Labute approximate surface area is 161 Å². The van der Waals surface area contributed by atoms with Gasteiger partial charge in [0.25, 0.3) is 11.5 Å². The molecule has 1 saturated carbocycles. The summed E-state index contributed by atoms with van der Waals surface area (Å²) in [5.74, 6) is 0.117. The number of carbonyl (C=O) groups is 2. The van der Waals surface area contributed by atoms with Crippen LogP contribution in [0, 0.1) is 5.92 Å². The molecule has 3 heterocycles. The van der Waals surface area contributed by atoms with Crippen molar-refractivity contribution in [2.75, 3.05) is 12.4 Å². The molecule has 0 aliphatic heterocycles. The van der Waals surface area contributed by atoms with Crippen molar-refractivity contribution in [2.45, 2.75) is 26.3 Å². The third-order valence-corrected chi connectivity index (χ3v) is 4.96. The van der Waals surface area contributed by atoms with Gasteiger partial charge >= 0.3 is 0 Å². The number of H-pyrrole nitrogens is 1. The van der Waals surface area contributed by atoms with Crippen molar-refractivity contribution in [3.63, 3.8) is 0 Å². The molecule has 2 amide bonds. The predicted octanol–water partition coefficient (Wildman–Crippen LogP) is 2.12. The average Bonchev–Trinajstić information content (AvgIpc) is 3.46. The fraction of sp³-hybridized carbons (Fsp3) is 0.300. The van der Waals surface area contributed by atoms with Gasteiger partial charge in [-0.15, -0.1) is 0 Å². The van der Waals surface area contributed by atoms with Crippen LogP contribution in [0.25, 0.3) is 22.2 Å². The van der Waals surface area contributed by atoms with Gasteiger partial charge in [-0.05, 0) is 31.9 Å². The number of aromatic amines is 1. The van der Waals surface area contributed by atoms with Gasteiger partial charge in [0.15, 0.2) is 5.82 Å². The van der Waals surface area contributed by atoms with Crippen LogP contribution in [0.5, 0.6) is 0 Å². The van der Waals surface area contributed by atoms with Gasteiger partial charge in [-0.2, -0.15) is 0 Å². The van der Waals surface area contributed by atoms with E-state index in [0.29, 0.717) is 28.8 Å². The van der Waals surface area contributed by atoms with Crippen LogP contribution in [-0.4, -0.2) is 33.4 Å². The van der Waals surface area contributed by atoms with E-state index in [1.807, 2.05) is 13.0 Å². The largest absolute Gasteiger partial charge is 0.355 e. The molecule has 8 nitrogen and oxygen atoms in total. The van der Waals surface area contributed by atoms with Crippen LogP contribution in [0.2, 0.25) is 0 Å². The maximum absolute atomic E-state index is 12.3. The highest BCUT2D eigenvalue weighted by Gasteiger charge is 2.30. The molecule has 0 unspecified atom stereocenters. The van der Waals surface area contributed by atoms with Crippen LogP contribution in [-0.2, 0) is 11.3 Å². The standard InChI is InChI=1S/C20H21N5O3/c1-3-25-10-12(6-7-16(25)26)15-8-13-14(20(28)21-2)9-22-18(17(13)23-15)24-19(27)11-4-5-11/h6-11,23H,3-5H2,1-2H3,(H,21,28)(H,22,24,27). The molecule has 0 bridgehead atoms. The van der Waals surface area contributed by atoms with Crippen molar-refractivity contribution in [3.05, 3.63) is 46.5 Å². The van der Waals surface area contributed by atoms with Crippen molar-refractivity contribution in [1.29, 1.82) is 0 Å². The highest BCUT2D eigenvalue weighted by atomic mass is 16.2. The number of fused-ring (bicyclic) bond motifs is 1. The van der Waals surface area contributed by atoms with Crippen LogP contribution in [0.3, 0.4) is 0 Å². The quantitative estimate of drug-likeness (QED) is 0.631. The number of nitrogens with zero attached hydrogens (tertiary/aromatic N) is 2. The van der Waals surface area contributed by atoms with Gasteiger partial charge in [0.05, 0.1) is 11.1 Å². The van der Waals surface area contributed by atoms with Gasteiger partial charge in [0.1, 0.15) is 0 Å². The number of pyridine rings is 2. The van der Waals surface area contributed by atoms with Crippen LogP contribution in [0.1, 0.15) is 30.1 Å². The molecule has 4 rings (SSSR count). The molecule has 1 fully saturated rings. The van der Waals surface area contributed by atoms with E-state index in [2.05, 4.69) is 20.6 Å². The van der Waals surface area contributed by atoms with Crippen molar-refractivity contribution < 1.29 is 9.59 Å². The number of hydrogen-bond donors (Lipinski definition) is 3. The van der Waals surface area contributed by atoms with Crippen LogP contribution in [0.4, 0.5) is 5.82 Å². The molecule has 0 aromatic carbocycles. The third-order valence-electron chi connectivity index (χ3n) is 4.96.